The van der Waals surface area contributed by atoms with E-state index < -0.39 is 54.1 Å². The number of aliphatic hydroxyl groups excluding tert-OH is 1. The summed E-state index contributed by atoms with van der Waals surface area (Å²) in [5, 5.41) is 25.3. The Labute approximate surface area is 221 Å². The molecule has 202 valence electrons. The van der Waals surface area contributed by atoms with E-state index in [0.29, 0.717) is 24.1 Å². The number of Topliss-reactive ketones (excluding diaryl/α,β-unsaturated/α-hetero) is 2. The number of carbonyl (C=O) groups excluding carboxylic acids is 4. The molecule has 0 spiro atoms. The van der Waals surface area contributed by atoms with Gasteiger partial charge < -0.3 is 19.8 Å². The Morgan fingerprint density at radius 2 is 1.66 bits per heavy atom. The molecule has 2 aliphatic rings. The fraction of sp³-hybridized carbons (Fsp3) is 0.429. The predicted molar refractivity (Wildman–Crippen MR) is 138 cm³/mol. The number of benzene rings is 2. The van der Waals surface area contributed by atoms with Crippen LogP contribution in [0.3, 0.4) is 0 Å². The fourth-order valence-electron chi connectivity index (χ4n) is 4.96. The molecule has 0 aromatic heterocycles. The third kappa shape index (κ3) is 5.07. The van der Waals surface area contributed by atoms with Gasteiger partial charge in [0, 0.05) is 24.1 Å². The molecule has 10 heteroatoms. The van der Waals surface area contributed by atoms with Crippen LogP contribution in [0.2, 0.25) is 0 Å². The third-order valence-corrected chi connectivity index (χ3v) is 7.22. The summed E-state index contributed by atoms with van der Waals surface area (Å²) in [5.74, 6) is -1.44. The molecule has 10 nitrogen and oxygen atoms in total. The highest BCUT2D eigenvalue weighted by atomic mass is 16.6. The number of amides is 4. The summed E-state index contributed by atoms with van der Waals surface area (Å²) in [4.78, 5) is 54.8. The van der Waals surface area contributed by atoms with Crippen LogP contribution in [-0.4, -0.2) is 80.9 Å². The lowest BCUT2D eigenvalue weighted by atomic mass is 9.81. The van der Waals surface area contributed by atoms with Crippen LogP contribution >= 0.6 is 0 Å². The van der Waals surface area contributed by atoms with E-state index in [0.717, 1.165) is 6.42 Å². The summed E-state index contributed by atoms with van der Waals surface area (Å²) < 4.78 is 5.99. The van der Waals surface area contributed by atoms with E-state index in [1.807, 2.05) is 6.92 Å². The monoisotopic (exact) mass is 523 g/mol. The van der Waals surface area contributed by atoms with Gasteiger partial charge >= 0.3 is 12.1 Å². The van der Waals surface area contributed by atoms with Crippen molar-refractivity contribution in [2.75, 3.05) is 13.2 Å². The highest BCUT2D eigenvalue weighted by Crippen LogP contribution is 2.39. The minimum Gasteiger partial charge on any atom is -0.382 e. The van der Waals surface area contributed by atoms with Gasteiger partial charge in [0.1, 0.15) is 25.1 Å². The molecular weight excluding hydrogens is 490 g/mol. The summed E-state index contributed by atoms with van der Waals surface area (Å²) in [7, 11) is 0. The number of ketones is 2. The second-order valence-electron chi connectivity index (χ2n) is 9.87. The van der Waals surface area contributed by atoms with Crippen molar-refractivity contribution in [3.8, 4) is 0 Å². The van der Waals surface area contributed by atoms with E-state index >= 15 is 0 Å². The first-order valence-electron chi connectivity index (χ1n) is 12.7. The van der Waals surface area contributed by atoms with Crippen molar-refractivity contribution in [2.45, 2.75) is 64.1 Å². The van der Waals surface area contributed by atoms with Crippen LogP contribution in [-0.2, 0) is 4.74 Å². The highest BCUT2D eigenvalue weighted by molar-refractivity contribution is 6.06. The molecule has 0 aliphatic carbocycles. The normalized spacial score (nSPS) is 24.3. The van der Waals surface area contributed by atoms with Gasteiger partial charge in [-0.2, -0.15) is 0 Å². The molecule has 1 unspecified atom stereocenters. The maximum atomic E-state index is 13.8. The Bertz CT molecular complexity index is 1250. The third-order valence-electron chi connectivity index (χ3n) is 7.22. The fourth-order valence-corrected chi connectivity index (χ4v) is 4.96. The summed E-state index contributed by atoms with van der Waals surface area (Å²) in [6, 6.07) is 12.0. The topological polar surface area (TPSA) is 136 Å². The van der Waals surface area contributed by atoms with E-state index in [1.54, 1.807) is 62.4 Å². The van der Waals surface area contributed by atoms with Gasteiger partial charge in [-0.15, -0.1) is 0 Å². The van der Waals surface area contributed by atoms with Gasteiger partial charge in [-0.05, 0) is 31.4 Å². The van der Waals surface area contributed by atoms with Crippen molar-refractivity contribution in [1.82, 2.24) is 15.1 Å². The number of nitrogens with one attached hydrogen (secondary N) is 1. The second kappa shape index (κ2) is 11.0. The molecule has 0 radical (unpaired) electrons. The number of aryl methyl sites for hydroxylation is 2. The standard InChI is InChI=1S/C28H33N3O7/c1-4-5-14-30-16-31(27(36)29-26(30)35)21-15-28(37,24(34)20-13-9-7-11-18(20)3)25(38-21)23(33)22(32)19-12-8-6-10-17(19)2/h6-13,21,23,25,33,37H,4-5,14-16H2,1-3H3,(H,29,35,36)/t21-,23?,25-,28-/m1/s1. The van der Waals surface area contributed by atoms with Crippen LogP contribution in [0.4, 0.5) is 9.59 Å². The average molecular weight is 524 g/mol. The molecule has 3 N–H and O–H groups in total. The maximum absolute atomic E-state index is 13.8. The number of rotatable bonds is 9. The van der Waals surface area contributed by atoms with Gasteiger partial charge in [0.05, 0.1) is 0 Å². The maximum Gasteiger partial charge on any atom is 0.328 e. The minimum atomic E-state index is -2.33. The number of ether oxygens (including phenoxy) is 1. The number of unbranched alkanes of at least 4 members (excludes halogenated alkanes) is 1. The van der Waals surface area contributed by atoms with E-state index in [1.165, 1.54) is 9.80 Å². The number of nitrogens with zero attached hydrogens (tertiary/aromatic N) is 2. The number of aliphatic hydroxyl groups is 2. The Morgan fingerprint density at radius 3 is 2.26 bits per heavy atom. The number of hydrogen-bond acceptors (Lipinski definition) is 7. The molecule has 2 aromatic carbocycles. The van der Waals surface area contributed by atoms with E-state index in [9.17, 15) is 29.4 Å². The van der Waals surface area contributed by atoms with E-state index in [-0.39, 0.29) is 17.8 Å². The first kappa shape index (κ1) is 27.4. The smallest absolute Gasteiger partial charge is 0.328 e. The van der Waals surface area contributed by atoms with Gasteiger partial charge in [-0.1, -0.05) is 61.9 Å². The van der Waals surface area contributed by atoms with Crippen molar-refractivity contribution < 1.29 is 34.1 Å². The van der Waals surface area contributed by atoms with Crippen LogP contribution in [0, 0.1) is 13.8 Å². The molecule has 38 heavy (non-hydrogen) atoms. The van der Waals surface area contributed by atoms with Crippen LogP contribution in [0.5, 0.6) is 0 Å². The van der Waals surface area contributed by atoms with Crippen LogP contribution in [0.15, 0.2) is 48.5 Å². The largest absolute Gasteiger partial charge is 0.382 e. The summed E-state index contributed by atoms with van der Waals surface area (Å²) in [5.41, 5.74) is -0.683. The van der Waals surface area contributed by atoms with Crippen LogP contribution in [0.1, 0.15) is 58.0 Å². The molecule has 4 rings (SSSR count). The molecule has 2 aliphatic heterocycles. The highest BCUT2D eigenvalue weighted by Gasteiger charge is 2.59. The van der Waals surface area contributed by atoms with Crippen molar-refractivity contribution in [1.29, 1.82) is 0 Å². The molecular formula is C28H33N3O7. The van der Waals surface area contributed by atoms with Gasteiger partial charge in [0.25, 0.3) is 0 Å². The first-order valence-corrected chi connectivity index (χ1v) is 12.7. The van der Waals surface area contributed by atoms with Gasteiger partial charge in [-0.25, -0.2) is 9.59 Å². The van der Waals surface area contributed by atoms with Crippen molar-refractivity contribution >= 4 is 23.6 Å². The second-order valence-corrected chi connectivity index (χ2v) is 9.87. The molecule has 4 atom stereocenters. The number of urea groups is 2. The SMILES string of the molecule is CCCCN1CN([C@H]2C[C@@](O)(C(=O)c3ccccc3C)[C@@H](C(O)C(=O)c3ccccc3C)O2)C(=O)NC1=O. The molecule has 2 fully saturated rings. The lowest BCUT2D eigenvalue weighted by Crippen LogP contribution is -2.62. The van der Waals surface area contributed by atoms with Crippen LogP contribution in [0.25, 0.3) is 0 Å². The quantitative estimate of drug-likeness (QED) is 0.430. The zero-order chi connectivity index (χ0) is 27.6. The van der Waals surface area contributed by atoms with E-state index in [2.05, 4.69) is 5.32 Å². The number of hydrogen-bond donors (Lipinski definition) is 3. The Kier molecular flexibility index (Phi) is 7.96. The lowest BCUT2D eigenvalue weighted by Gasteiger charge is -2.38. The molecule has 2 heterocycles. The average Bonchev–Trinajstić information content (AvgIpc) is 3.25. The Morgan fingerprint density at radius 1 is 1.05 bits per heavy atom. The lowest BCUT2D eigenvalue weighted by molar-refractivity contribution is -0.105. The van der Waals surface area contributed by atoms with Crippen molar-refractivity contribution in [3.63, 3.8) is 0 Å². The summed E-state index contributed by atoms with van der Waals surface area (Å²) >= 11 is 0. The van der Waals surface area contributed by atoms with Crippen molar-refractivity contribution in [2.24, 2.45) is 0 Å². The first-order chi connectivity index (χ1) is 18.1. The van der Waals surface area contributed by atoms with Crippen molar-refractivity contribution in [3.05, 3.63) is 70.8 Å². The molecule has 0 saturated carbocycles. The predicted octanol–water partition coefficient (Wildman–Crippen LogP) is 2.78. The Balaban J connectivity index is 1.69. The number of imide groups is 1. The van der Waals surface area contributed by atoms with Gasteiger partial charge in [0.15, 0.2) is 17.2 Å². The van der Waals surface area contributed by atoms with Crippen LogP contribution < -0.4 is 5.32 Å². The zero-order valence-electron chi connectivity index (χ0n) is 21.7. The molecule has 2 aromatic rings. The summed E-state index contributed by atoms with van der Waals surface area (Å²) in [6.45, 7) is 5.66. The number of carbonyl (C=O) groups is 4. The summed E-state index contributed by atoms with van der Waals surface area (Å²) in [6.07, 6.45) is -3.60. The minimum absolute atomic E-state index is 0.126. The zero-order valence-corrected chi connectivity index (χ0v) is 21.7. The van der Waals surface area contributed by atoms with E-state index in [4.69, 9.17) is 4.74 Å². The van der Waals surface area contributed by atoms with Gasteiger partial charge in [-0.3, -0.25) is 19.8 Å². The molecule has 2 saturated heterocycles. The van der Waals surface area contributed by atoms with Gasteiger partial charge in [0.2, 0.25) is 0 Å². The molecule has 4 amide bonds. The molecule has 0 bridgehead atoms. The Hall–Kier alpha value is -3.60.